The molecule has 0 amide bonds. The second-order valence-corrected chi connectivity index (χ2v) is 10.1. The summed E-state index contributed by atoms with van der Waals surface area (Å²) in [7, 11) is 0. The molecular formula is C24H37ClN2O3. The Morgan fingerprint density at radius 2 is 1.77 bits per heavy atom. The molecule has 0 radical (unpaired) electrons. The molecule has 2 aliphatic heterocycles. The molecule has 1 N–H and O–H groups in total. The Balaban J connectivity index is 1.36. The molecule has 3 aliphatic rings. The van der Waals surface area contributed by atoms with Gasteiger partial charge in [-0.1, -0.05) is 25.4 Å². The Bertz CT molecular complexity index is 723. The zero-order chi connectivity index (χ0) is 21.3. The van der Waals surface area contributed by atoms with E-state index in [4.69, 9.17) is 21.1 Å². The fraction of sp³-hybridized carbons (Fsp3) is 0.750. The third kappa shape index (κ3) is 5.13. The predicted molar refractivity (Wildman–Crippen MR) is 121 cm³/mol. The van der Waals surface area contributed by atoms with Crippen LogP contribution >= 0.6 is 11.6 Å². The van der Waals surface area contributed by atoms with Gasteiger partial charge in [-0.3, -0.25) is 4.90 Å². The van der Waals surface area contributed by atoms with Crippen molar-refractivity contribution in [2.75, 3.05) is 52.5 Å². The van der Waals surface area contributed by atoms with Crippen LogP contribution in [0.5, 0.6) is 5.75 Å². The minimum atomic E-state index is -0.401. The van der Waals surface area contributed by atoms with Crippen molar-refractivity contribution in [1.82, 2.24) is 9.80 Å². The largest absolute Gasteiger partial charge is 0.487 e. The SMILES string of the molecule is Cc1cc(O[C@@H]2C[C@@H]3CN(CCN4CCOCC4)C[C@@H]3C[C@H]2O)c(C(C)C)cc1Cl. The minimum absolute atomic E-state index is 0.136. The van der Waals surface area contributed by atoms with E-state index >= 15 is 0 Å². The molecule has 4 rings (SSSR count). The molecule has 4 atom stereocenters. The van der Waals surface area contributed by atoms with Crippen LogP contribution in [0.25, 0.3) is 0 Å². The van der Waals surface area contributed by atoms with E-state index in [1.165, 1.54) is 0 Å². The Morgan fingerprint density at radius 1 is 1.10 bits per heavy atom. The van der Waals surface area contributed by atoms with Crippen molar-refractivity contribution in [3.8, 4) is 5.75 Å². The predicted octanol–water partition coefficient (Wildman–Crippen LogP) is 3.55. The number of nitrogens with zero attached hydrogens (tertiary/aromatic N) is 2. The summed E-state index contributed by atoms with van der Waals surface area (Å²) >= 11 is 6.36. The molecule has 0 aromatic heterocycles. The molecule has 2 saturated heterocycles. The van der Waals surface area contributed by atoms with Gasteiger partial charge in [0.15, 0.2) is 0 Å². The van der Waals surface area contributed by atoms with E-state index in [2.05, 4.69) is 23.6 Å². The fourth-order valence-corrected chi connectivity index (χ4v) is 5.46. The highest BCUT2D eigenvalue weighted by Gasteiger charge is 2.42. The van der Waals surface area contributed by atoms with Gasteiger partial charge in [-0.05, 0) is 60.8 Å². The number of fused-ring (bicyclic) bond motifs is 1. The molecule has 0 unspecified atom stereocenters. The first-order valence-electron chi connectivity index (χ1n) is 11.6. The molecule has 0 bridgehead atoms. The van der Waals surface area contributed by atoms with E-state index in [1.54, 1.807) is 0 Å². The summed E-state index contributed by atoms with van der Waals surface area (Å²) in [4.78, 5) is 5.09. The lowest BCUT2D eigenvalue weighted by Crippen LogP contribution is -2.42. The molecule has 168 valence electrons. The molecule has 1 aromatic rings. The molecule has 1 aromatic carbocycles. The van der Waals surface area contributed by atoms with E-state index in [1.807, 2.05) is 19.1 Å². The van der Waals surface area contributed by atoms with Gasteiger partial charge in [-0.15, -0.1) is 0 Å². The van der Waals surface area contributed by atoms with Crippen LogP contribution in [0.15, 0.2) is 12.1 Å². The number of ether oxygens (including phenoxy) is 2. The topological polar surface area (TPSA) is 45.2 Å². The lowest BCUT2D eigenvalue weighted by Gasteiger charge is -2.36. The van der Waals surface area contributed by atoms with Crippen LogP contribution in [0, 0.1) is 18.8 Å². The number of likely N-dealkylation sites (tertiary alicyclic amines) is 1. The summed E-state index contributed by atoms with van der Waals surface area (Å²) in [5.74, 6) is 2.41. The van der Waals surface area contributed by atoms with Crippen LogP contribution in [0.3, 0.4) is 0 Å². The first-order chi connectivity index (χ1) is 14.4. The molecule has 0 spiro atoms. The summed E-state index contributed by atoms with van der Waals surface area (Å²) < 4.78 is 11.9. The molecule has 3 fully saturated rings. The number of halogens is 1. The molecular weight excluding hydrogens is 400 g/mol. The summed E-state index contributed by atoms with van der Waals surface area (Å²) in [5.41, 5.74) is 2.15. The van der Waals surface area contributed by atoms with E-state index in [-0.39, 0.29) is 6.10 Å². The monoisotopic (exact) mass is 436 g/mol. The molecule has 2 heterocycles. The van der Waals surface area contributed by atoms with Crippen molar-refractivity contribution in [1.29, 1.82) is 0 Å². The number of aliphatic hydroxyl groups is 1. The molecule has 30 heavy (non-hydrogen) atoms. The Hall–Kier alpha value is -0.850. The van der Waals surface area contributed by atoms with Crippen LogP contribution in [0.4, 0.5) is 0 Å². The molecule has 5 nitrogen and oxygen atoms in total. The number of aliphatic hydroxyl groups excluding tert-OH is 1. The van der Waals surface area contributed by atoms with Gasteiger partial charge in [0.1, 0.15) is 11.9 Å². The standard InChI is InChI=1S/C24H37ClN2O3/c1-16(2)20-13-21(25)17(3)10-23(20)30-24-12-19-15-27(14-18(19)11-22(24)28)5-4-26-6-8-29-9-7-26/h10,13,16,18-19,22,24,28H,4-9,11-12,14-15H2,1-3H3/t18-,19+,22+,24+/m0/s1. The fourth-order valence-electron chi connectivity index (χ4n) is 5.29. The number of rotatable bonds is 6. The van der Waals surface area contributed by atoms with Gasteiger partial charge in [0.25, 0.3) is 0 Å². The van der Waals surface area contributed by atoms with Crippen molar-refractivity contribution in [3.05, 3.63) is 28.3 Å². The average molecular weight is 437 g/mol. The number of hydrogen-bond donors (Lipinski definition) is 1. The third-order valence-corrected chi connectivity index (χ3v) is 7.60. The van der Waals surface area contributed by atoms with Crippen LogP contribution in [-0.4, -0.2) is 79.6 Å². The van der Waals surface area contributed by atoms with E-state index in [0.717, 1.165) is 87.2 Å². The van der Waals surface area contributed by atoms with Crippen LogP contribution < -0.4 is 4.74 Å². The average Bonchev–Trinajstić information content (AvgIpc) is 3.11. The van der Waals surface area contributed by atoms with Crippen LogP contribution in [-0.2, 0) is 4.74 Å². The Kier molecular flexibility index (Phi) is 7.26. The van der Waals surface area contributed by atoms with Gasteiger partial charge in [0.2, 0.25) is 0 Å². The molecule has 6 heteroatoms. The van der Waals surface area contributed by atoms with Crippen molar-refractivity contribution < 1.29 is 14.6 Å². The lowest BCUT2D eigenvalue weighted by atomic mass is 9.78. The van der Waals surface area contributed by atoms with Crippen molar-refractivity contribution in [3.63, 3.8) is 0 Å². The van der Waals surface area contributed by atoms with E-state index < -0.39 is 6.10 Å². The Labute approximate surface area is 186 Å². The molecule has 1 aliphatic carbocycles. The maximum atomic E-state index is 10.9. The number of morpholine rings is 1. The summed E-state index contributed by atoms with van der Waals surface area (Å²) in [6.45, 7) is 14.6. The maximum absolute atomic E-state index is 10.9. The zero-order valence-electron chi connectivity index (χ0n) is 18.6. The minimum Gasteiger partial charge on any atom is -0.487 e. The number of benzene rings is 1. The summed E-state index contributed by atoms with van der Waals surface area (Å²) in [5, 5.41) is 11.6. The van der Waals surface area contributed by atoms with E-state index in [9.17, 15) is 5.11 Å². The second kappa shape index (κ2) is 9.74. The smallest absolute Gasteiger partial charge is 0.125 e. The van der Waals surface area contributed by atoms with Crippen molar-refractivity contribution >= 4 is 11.6 Å². The maximum Gasteiger partial charge on any atom is 0.125 e. The normalized spacial score (nSPS) is 30.6. The van der Waals surface area contributed by atoms with Crippen molar-refractivity contribution in [2.45, 2.75) is 51.7 Å². The van der Waals surface area contributed by atoms with Gasteiger partial charge < -0.3 is 19.5 Å². The highest BCUT2D eigenvalue weighted by Crippen LogP contribution is 2.40. The van der Waals surface area contributed by atoms with Gasteiger partial charge in [0, 0.05) is 44.3 Å². The summed E-state index contributed by atoms with van der Waals surface area (Å²) in [6.07, 6.45) is 1.23. The van der Waals surface area contributed by atoms with Crippen molar-refractivity contribution in [2.24, 2.45) is 11.8 Å². The Morgan fingerprint density at radius 3 is 2.47 bits per heavy atom. The first-order valence-corrected chi connectivity index (χ1v) is 12.0. The number of aryl methyl sites for hydroxylation is 1. The zero-order valence-corrected chi connectivity index (χ0v) is 19.4. The molecule has 1 saturated carbocycles. The first kappa shape index (κ1) is 22.3. The third-order valence-electron chi connectivity index (χ3n) is 7.19. The highest BCUT2D eigenvalue weighted by molar-refractivity contribution is 6.31. The summed E-state index contributed by atoms with van der Waals surface area (Å²) in [6, 6.07) is 4.07. The van der Waals surface area contributed by atoms with Gasteiger partial charge in [-0.2, -0.15) is 0 Å². The van der Waals surface area contributed by atoms with Crippen LogP contribution in [0.2, 0.25) is 5.02 Å². The van der Waals surface area contributed by atoms with Crippen LogP contribution in [0.1, 0.15) is 43.7 Å². The van der Waals surface area contributed by atoms with Gasteiger partial charge in [0.05, 0.1) is 19.3 Å². The van der Waals surface area contributed by atoms with Gasteiger partial charge >= 0.3 is 0 Å². The highest BCUT2D eigenvalue weighted by atomic mass is 35.5. The second-order valence-electron chi connectivity index (χ2n) is 9.72. The number of hydrogen-bond acceptors (Lipinski definition) is 5. The quantitative estimate of drug-likeness (QED) is 0.738. The lowest BCUT2D eigenvalue weighted by molar-refractivity contribution is -0.0236. The van der Waals surface area contributed by atoms with E-state index in [0.29, 0.717) is 17.8 Å². The van der Waals surface area contributed by atoms with Gasteiger partial charge in [-0.25, -0.2) is 0 Å².